The Morgan fingerprint density at radius 1 is 1.14 bits per heavy atom. The molecule has 1 aliphatic rings. The van der Waals surface area contributed by atoms with Crippen molar-refractivity contribution >= 4 is 27.8 Å². The number of benzene rings is 2. The van der Waals surface area contributed by atoms with Crippen molar-refractivity contribution in [2.75, 3.05) is 21.3 Å². The summed E-state index contributed by atoms with van der Waals surface area (Å²) in [6, 6.07) is 8.74. The van der Waals surface area contributed by atoms with E-state index in [0.29, 0.717) is 17.1 Å². The molecule has 2 aromatic carbocycles. The van der Waals surface area contributed by atoms with E-state index in [4.69, 9.17) is 9.47 Å². The number of fused-ring (bicyclic) bond motifs is 1. The smallest absolute Gasteiger partial charge is 0.285 e. The molecule has 10 nitrogen and oxygen atoms in total. The van der Waals surface area contributed by atoms with Gasteiger partial charge in [0.15, 0.2) is 17.3 Å². The number of nitro benzene ring substituents is 1. The summed E-state index contributed by atoms with van der Waals surface area (Å²) in [6.07, 6.45) is 1.50. The molecule has 0 bridgehead atoms. The van der Waals surface area contributed by atoms with Crippen molar-refractivity contribution in [3.63, 3.8) is 0 Å². The third-order valence-corrected chi connectivity index (χ3v) is 5.30. The minimum Gasteiger partial charge on any atom is -0.493 e. The zero-order valence-corrected chi connectivity index (χ0v) is 16.0. The topological polar surface area (TPSA) is 124 Å². The average Bonchev–Trinajstić information content (AvgIpc) is 2.96. The van der Waals surface area contributed by atoms with Crippen LogP contribution in [0.2, 0.25) is 0 Å². The maximum atomic E-state index is 12.3. The van der Waals surface area contributed by atoms with Gasteiger partial charge in [-0.05, 0) is 29.8 Å². The molecule has 0 N–H and O–H groups in total. The second-order valence-electron chi connectivity index (χ2n) is 5.71. The van der Waals surface area contributed by atoms with Crippen LogP contribution in [-0.4, -0.2) is 51.7 Å². The van der Waals surface area contributed by atoms with E-state index in [1.165, 1.54) is 44.6 Å². The van der Waals surface area contributed by atoms with Crippen LogP contribution in [0.4, 0.5) is 5.69 Å². The first-order valence-corrected chi connectivity index (χ1v) is 9.34. The number of non-ortho nitro benzene ring substituents is 1. The first-order valence-electron chi connectivity index (χ1n) is 7.90. The summed E-state index contributed by atoms with van der Waals surface area (Å²) in [7, 11) is 0.544. The molecule has 1 heterocycles. The Hall–Kier alpha value is -3.47. The molecule has 0 amide bonds. The predicted molar refractivity (Wildman–Crippen MR) is 102 cm³/mol. The minimum atomic E-state index is -4.03. The summed E-state index contributed by atoms with van der Waals surface area (Å²) in [6.45, 7) is 0. The van der Waals surface area contributed by atoms with Crippen molar-refractivity contribution in [2.45, 2.75) is 4.90 Å². The fourth-order valence-electron chi connectivity index (χ4n) is 2.61. The average molecular weight is 404 g/mol. The third kappa shape index (κ3) is 3.51. The number of amidine groups is 1. The number of nitrogens with zero attached hydrogens (tertiary/aromatic N) is 4. The van der Waals surface area contributed by atoms with Gasteiger partial charge in [-0.25, -0.2) is 5.01 Å². The normalized spacial score (nSPS) is 14.5. The molecule has 0 atom stereocenters. The van der Waals surface area contributed by atoms with Crippen LogP contribution in [0.5, 0.6) is 11.5 Å². The summed E-state index contributed by atoms with van der Waals surface area (Å²) in [5.74, 6) is 1.16. The van der Waals surface area contributed by atoms with Crippen LogP contribution < -0.4 is 9.47 Å². The SMILES string of the molecule is COc1ccc(/C=N\N(C)C2=NS(=O)(=O)c3cc([N+](=O)[O-])ccc32)cc1OC. The van der Waals surface area contributed by atoms with Crippen LogP contribution in [0.25, 0.3) is 0 Å². The van der Waals surface area contributed by atoms with Gasteiger partial charge in [-0.15, -0.1) is 4.40 Å². The van der Waals surface area contributed by atoms with Crippen LogP contribution >= 0.6 is 0 Å². The molecule has 0 fully saturated rings. The van der Waals surface area contributed by atoms with E-state index in [9.17, 15) is 18.5 Å². The number of hydrogen-bond acceptors (Lipinski definition) is 8. The molecule has 3 rings (SSSR count). The van der Waals surface area contributed by atoms with Crippen molar-refractivity contribution in [2.24, 2.45) is 9.50 Å². The van der Waals surface area contributed by atoms with Gasteiger partial charge in [0, 0.05) is 24.7 Å². The van der Waals surface area contributed by atoms with Gasteiger partial charge in [-0.1, -0.05) is 0 Å². The van der Waals surface area contributed by atoms with Crippen molar-refractivity contribution in [1.82, 2.24) is 5.01 Å². The Bertz CT molecular complexity index is 1110. The van der Waals surface area contributed by atoms with E-state index >= 15 is 0 Å². The molecule has 146 valence electrons. The molecule has 1 aliphatic heterocycles. The molecule has 2 aromatic rings. The van der Waals surface area contributed by atoms with Gasteiger partial charge in [0.05, 0.1) is 25.4 Å². The molecule has 0 aliphatic carbocycles. The lowest BCUT2D eigenvalue weighted by Crippen LogP contribution is -2.21. The molecule has 0 saturated heterocycles. The number of ether oxygens (including phenoxy) is 2. The molecule has 0 aromatic heterocycles. The highest BCUT2D eigenvalue weighted by molar-refractivity contribution is 7.90. The van der Waals surface area contributed by atoms with Gasteiger partial charge in [-0.2, -0.15) is 13.5 Å². The van der Waals surface area contributed by atoms with Gasteiger partial charge in [0.2, 0.25) is 0 Å². The molecule has 0 unspecified atom stereocenters. The van der Waals surface area contributed by atoms with Crippen molar-refractivity contribution in [3.8, 4) is 11.5 Å². The lowest BCUT2D eigenvalue weighted by atomic mass is 10.2. The zero-order chi connectivity index (χ0) is 20.5. The van der Waals surface area contributed by atoms with Crippen molar-refractivity contribution < 1.29 is 22.8 Å². The first-order chi connectivity index (χ1) is 13.3. The lowest BCUT2D eigenvalue weighted by molar-refractivity contribution is -0.385. The molecule has 0 radical (unpaired) electrons. The monoisotopic (exact) mass is 404 g/mol. The maximum Gasteiger partial charge on any atom is 0.285 e. The number of hydrogen-bond donors (Lipinski definition) is 0. The molecule has 28 heavy (non-hydrogen) atoms. The predicted octanol–water partition coefficient (Wildman–Crippen LogP) is 2.03. The molecule has 0 saturated carbocycles. The van der Waals surface area contributed by atoms with E-state index in [-0.39, 0.29) is 22.0 Å². The molecule has 0 spiro atoms. The highest BCUT2D eigenvalue weighted by atomic mass is 32.2. The van der Waals surface area contributed by atoms with Gasteiger partial charge in [0.25, 0.3) is 15.7 Å². The number of hydrazone groups is 1. The van der Waals surface area contributed by atoms with E-state index in [0.717, 1.165) is 6.07 Å². The van der Waals surface area contributed by atoms with Gasteiger partial charge in [0.1, 0.15) is 4.90 Å². The Morgan fingerprint density at radius 3 is 2.50 bits per heavy atom. The maximum absolute atomic E-state index is 12.3. The lowest BCUT2D eigenvalue weighted by Gasteiger charge is -2.12. The summed E-state index contributed by atoms with van der Waals surface area (Å²) in [5.41, 5.74) is 0.614. The zero-order valence-electron chi connectivity index (χ0n) is 15.2. The Kier molecular flexibility index (Phi) is 5.01. The summed E-state index contributed by atoms with van der Waals surface area (Å²) < 4.78 is 38.6. The number of rotatable bonds is 5. The summed E-state index contributed by atoms with van der Waals surface area (Å²) >= 11 is 0. The largest absolute Gasteiger partial charge is 0.493 e. The minimum absolute atomic E-state index is 0.0709. The van der Waals surface area contributed by atoms with Gasteiger partial charge < -0.3 is 9.47 Å². The second-order valence-corrected chi connectivity index (χ2v) is 7.28. The standard InChI is InChI=1S/C17H16N4O6S/c1-20(18-10-11-4-7-14(26-2)15(8-11)27-3)17-13-6-5-12(21(22)23)9-16(13)28(24,25)19-17/h4-10H,1-3H3/b18-10-. The summed E-state index contributed by atoms with van der Waals surface area (Å²) in [5, 5.41) is 16.4. The van der Waals surface area contributed by atoms with Crippen molar-refractivity contribution in [3.05, 3.63) is 57.6 Å². The fourth-order valence-corrected chi connectivity index (χ4v) is 3.86. The highest BCUT2D eigenvalue weighted by Gasteiger charge is 2.32. The van der Waals surface area contributed by atoms with E-state index < -0.39 is 14.9 Å². The quantitative estimate of drug-likeness (QED) is 0.424. The van der Waals surface area contributed by atoms with Gasteiger partial charge >= 0.3 is 0 Å². The number of methoxy groups -OCH3 is 2. The van der Waals surface area contributed by atoms with E-state index in [1.807, 2.05) is 0 Å². The van der Waals surface area contributed by atoms with Crippen LogP contribution in [-0.2, 0) is 10.0 Å². The number of sulfonamides is 1. The number of nitro groups is 1. The summed E-state index contributed by atoms with van der Waals surface area (Å²) in [4.78, 5) is 10.0. The molecular weight excluding hydrogens is 388 g/mol. The van der Waals surface area contributed by atoms with E-state index in [2.05, 4.69) is 9.50 Å². The van der Waals surface area contributed by atoms with Crippen LogP contribution in [0.1, 0.15) is 11.1 Å². The Balaban J connectivity index is 1.91. The first kappa shape index (κ1) is 19.3. The van der Waals surface area contributed by atoms with Crippen LogP contribution in [0, 0.1) is 10.1 Å². The van der Waals surface area contributed by atoms with Crippen LogP contribution in [0.3, 0.4) is 0 Å². The Morgan fingerprint density at radius 2 is 1.86 bits per heavy atom. The molecule has 11 heteroatoms. The molecular formula is C17H16N4O6S. The van der Waals surface area contributed by atoms with E-state index in [1.54, 1.807) is 18.2 Å². The Labute approximate surface area is 160 Å². The highest BCUT2D eigenvalue weighted by Crippen LogP contribution is 2.31. The fraction of sp³-hybridized carbons (Fsp3) is 0.176. The van der Waals surface area contributed by atoms with Crippen LogP contribution in [0.15, 0.2) is 50.8 Å². The van der Waals surface area contributed by atoms with Crippen molar-refractivity contribution in [1.29, 1.82) is 0 Å². The second kappa shape index (κ2) is 7.27. The van der Waals surface area contributed by atoms with Gasteiger partial charge in [-0.3, -0.25) is 10.1 Å². The third-order valence-electron chi connectivity index (χ3n) is 4.00.